The second-order valence-electron chi connectivity index (χ2n) is 2.95. The number of rotatable bonds is 3. The first-order valence-electron chi connectivity index (χ1n) is 4.08. The van der Waals surface area contributed by atoms with Gasteiger partial charge in [-0.15, -0.1) is 11.6 Å². The number of methoxy groups -OCH3 is 1. The molecular weight excluding hydrogens is 251 g/mol. The summed E-state index contributed by atoms with van der Waals surface area (Å²) in [7, 11) is 1.66. The predicted molar refractivity (Wildman–Crippen MR) is 59.8 cm³/mol. The molecule has 0 fully saturated rings. The van der Waals surface area contributed by atoms with Crippen molar-refractivity contribution in [3.8, 4) is 5.75 Å². The highest BCUT2D eigenvalue weighted by atomic mass is 79.9. The normalized spacial score (nSPS) is 12.6. The van der Waals surface area contributed by atoms with E-state index in [2.05, 4.69) is 22.9 Å². The van der Waals surface area contributed by atoms with E-state index in [1.165, 1.54) is 5.56 Å². The Morgan fingerprint density at radius 3 is 2.69 bits per heavy atom. The lowest BCUT2D eigenvalue weighted by molar-refractivity contribution is 0.412. The minimum atomic E-state index is 0.379. The summed E-state index contributed by atoms with van der Waals surface area (Å²) < 4.78 is 6.11. The molecule has 0 heterocycles. The van der Waals surface area contributed by atoms with Gasteiger partial charge in [-0.25, -0.2) is 0 Å². The van der Waals surface area contributed by atoms with E-state index in [-0.39, 0.29) is 0 Å². The van der Waals surface area contributed by atoms with Crippen LogP contribution in [-0.4, -0.2) is 13.0 Å². The van der Waals surface area contributed by atoms with Gasteiger partial charge in [0.05, 0.1) is 11.6 Å². The number of alkyl halides is 1. The minimum Gasteiger partial charge on any atom is -0.496 e. The van der Waals surface area contributed by atoms with Crippen LogP contribution in [0.1, 0.15) is 18.4 Å². The van der Waals surface area contributed by atoms with Gasteiger partial charge < -0.3 is 4.74 Å². The maximum atomic E-state index is 5.77. The molecule has 0 aliphatic heterocycles. The smallest absolute Gasteiger partial charge is 0.133 e. The summed E-state index contributed by atoms with van der Waals surface area (Å²) in [6, 6.07) is 6.03. The van der Waals surface area contributed by atoms with E-state index < -0.39 is 0 Å². The maximum absolute atomic E-state index is 5.77. The van der Waals surface area contributed by atoms with Crippen LogP contribution in [0.4, 0.5) is 0 Å². The van der Waals surface area contributed by atoms with E-state index in [0.29, 0.717) is 11.8 Å². The van der Waals surface area contributed by atoms with Gasteiger partial charge in [0, 0.05) is 5.88 Å². The molecule has 1 rings (SSSR count). The van der Waals surface area contributed by atoms with Crippen LogP contribution in [0.2, 0.25) is 0 Å². The highest BCUT2D eigenvalue weighted by Gasteiger charge is 2.06. The van der Waals surface area contributed by atoms with Crippen molar-refractivity contribution in [1.29, 1.82) is 0 Å². The molecule has 0 spiro atoms. The molecule has 1 aromatic rings. The van der Waals surface area contributed by atoms with Gasteiger partial charge in [-0.1, -0.05) is 13.0 Å². The van der Waals surface area contributed by atoms with Gasteiger partial charge in [0.2, 0.25) is 0 Å². The lowest BCUT2D eigenvalue weighted by atomic mass is 10.0. The highest BCUT2D eigenvalue weighted by Crippen LogP contribution is 2.28. The fraction of sp³-hybridized carbons (Fsp3) is 0.400. The van der Waals surface area contributed by atoms with Crippen molar-refractivity contribution in [2.24, 2.45) is 0 Å². The van der Waals surface area contributed by atoms with Gasteiger partial charge in [0.25, 0.3) is 0 Å². The molecule has 0 aromatic heterocycles. The zero-order valence-corrected chi connectivity index (χ0v) is 10.0. The summed E-state index contributed by atoms with van der Waals surface area (Å²) in [5, 5.41) is 0. The highest BCUT2D eigenvalue weighted by molar-refractivity contribution is 9.10. The third-order valence-electron chi connectivity index (χ3n) is 1.98. The molecule has 72 valence electrons. The van der Waals surface area contributed by atoms with Crippen LogP contribution < -0.4 is 4.74 Å². The fourth-order valence-corrected chi connectivity index (χ4v) is 1.81. The molecule has 1 unspecified atom stereocenters. The van der Waals surface area contributed by atoms with Crippen LogP contribution in [0, 0.1) is 0 Å². The predicted octanol–water partition coefficient (Wildman–Crippen LogP) is 3.80. The molecule has 1 aromatic carbocycles. The summed E-state index contributed by atoms with van der Waals surface area (Å²) in [6.45, 7) is 2.10. The van der Waals surface area contributed by atoms with E-state index >= 15 is 0 Å². The van der Waals surface area contributed by atoms with E-state index in [0.717, 1.165) is 10.2 Å². The van der Waals surface area contributed by atoms with Crippen LogP contribution in [-0.2, 0) is 0 Å². The number of hydrogen-bond acceptors (Lipinski definition) is 1. The van der Waals surface area contributed by atoms with Gasteiger partial charge in [-0.2, -0.15) is 0 Å². The first kappa shape index (κ1) is 10.9. The van der Waals surface area contributed by atoms with Gasteiger partial charge in [-0.3, -0.25) is 0 Å². The SMILES string of the molecule is COc1ccc(C(C)CCl)cc1Br. The van der Waals surface area contributed by atoms with Crippen molar-refractivity contribution in [3.05, 3.63) is 28.2 Å². The van der Waals surface area contributed by atoms with Crippen molar-refractivity contribution < 1.29 is 4.74 Å². The molecule has 1 atom stereocenters. The molecule has 0 aliphatic carbocycles. The molecule has 3 heteroatoms. The molecule has 0 N–H and O–H groups in total. The Morgan fingerprint density at radius 1 is 1.54 bits per heavy atom. The molecule has 0 saturated carbocycles. The summed E-state index contributed by atoms with van der Waals surface area (Å²) >= 11 is 9.20. The van der Waals surface area contributed by atoms with Gasteiger partial charge in [0.15, 0.2) is 0 Å². The zero-order valence-electron chi connectivity index (χ0n) is 7.68. The average Bonchev–Trinajstić information content (AvgIpc) is 2.16. The Hall–Kier alpha value is -0.210. The quantitative estimate of drug-likeness (QED) is 0.754. The van der Waals surface area contributed by atoms with E-state index in [4.69, 9.17) is 16.3 Å². The second kappa shape index (κ2) is 4.87. The van der Waals surface area contributed by atoms with Crippen molar-refractivity contribution in [1.82, 2.24) is 0 Å². The maximum Gasteiger partial charge on any atom is 0.133 e. The molecular formula is C10H12BrClO. The number of hydrogen-bond donors (Lipinski definition) is 0. The summed E-state index contributed by atoms with van der Waals surface area (Å²) in [4.78, 5) is 0. The summed E-state index contributed by atoms with van der Waals surface area (Å²) in [6.07, 6.45) is 0. The lowest BCUT2D eigenvalue weighted by Crippen LogP contribution is -1.95. The Balaban J connectivity index is 2.95. The number of ether oxygens (including phenoxy) is 1. The second-order valence-corrected chi connectivity index (χ2v) is 4.11. The third kappa shape index (κ3) is 2.61. The Kier molecular flexibility index (Phi) is 4.07. The monoisotopic (exact) mass is 262 g/mol. The lowest BCUT2D eigenvalue weighted by Gasteiger charge is -2.10. The molecule has 0 bridgehead atoms. The Morgan fingerprint density at radius 2 is 2.23 bits per heavy atom. The molecule has 0 aliphatic rings. The van der Waals surface area contributed by atoms with Crippen LogP contribution >= 0.6 is 27.5 Å². The first-order valence-corrected chi connectivity index (χ1v) is 5.41. The number of benzene rings is 1. The molecule has 1 nitrogen and oxygen atoms in total. The Labute approximate surface area is 92.2 Å². The van der Waals surface area contributed by atoms with Crippen molar-refractivity contribution in [2.45, 2.75) is 12.8 Å². The van der Waals surface area contributed by atoms with Crippen molar-refractivity contribution >= 4 is 27.5 Å². The van der Waals surface area contributed by atoms with E-state index in [1.807, 2.05) is 18.2 Å². The van der Waals surface area contributed by atoms with Crippen LogP contribution in [0.25, 0.3) is 0 Å². The molecule has 13 heavy (non-hydrogen) atoms. The Bertz CT molecular complexity index is 288. The van der Waals surface area contributed by atoms with E-state index in [9.17, 15) is 0 Å². The van der Waals surface area contributed by atoms with Crippen molar-refractivity contribution in [2.75, 3.05) is 13.0 Å². The fourth-order valence-electron chi connectivity index (χ4n) is 1.08. The minimum absolute atomic E-state index is 0.379. The molecule has 0 saturated heterocycles. The molecule has 0 amide bonds. The van der Waals surface area contributed by atoms with Gasteiger partial charge in [0.1, 0.15) is 5.75 Å². The first-order chi connectivity index (χ1) is 6.19. The van der Waals surface area contributed by atoms with Crippen LogP contribution in [0.15, 0.2) is 22.7 Å². The summed E-state index contributed by atoms with van der Waals surface area (Å²) in [5.74, 6) is 1.87. The average molecular weight is 264 g/mol. The number of halogens is 2. The van der Waals surface area contributed by atoms with Crippen LogP contribution in [0.3, 0.4) is 0 Å². The largest absolute Gasteiger partial charge is 0.496 e. The summed E-state index contributed by atoms with van der Waals surface area (Å²) in [5.41, 5.74) is 1.22. The zero-order chi connectivity index (χ0) is 9.84. The topological polar surface area (TPSA) is 9.23 Å². The van der Waals surface area contributed by atoms with Gasteiger partial charge in [-0.05, 0) is 39.5 Å². The van der Waals surface area contributed by atoms with Crippen molar-refractivity contribution in [3.63, 3.8) is 0 Å². The standard InChI is InChI=1S/C10H12BrClO/c1-7(6-12)8-3-4-10(13-2)9(11)5-8/h3-5,7H,6H2,1-2H3. The third-order valence-corrected chi connectivity index (χ3v) is 3.06. The van der Waals surface area contributed by atoms with Crippen LogP contribution in [0.5, 0.6) is 5.75 Å². The molecule has 0 radical (unpaired) electrons. The van der Waals surface area contributed by atoms with E-state index in [1.54, 1.807) is 7.11 Å². The van der Waals surface area contributed by atoms with Gasteiger partial charge >= 0.3 is 0 Å².